The lowest BCUT2D eigenvalue weighted by Gasteiger charge is -2.08. The van der Waals surface area contributed by atoms with Gasteiger partial charge in [-0.05, 0) is 30.7 Å². The van der Waals surface area contributed by atoms with Crippen LogP contribution in [0.2, 0.25) is 0 Å². The fourth-order valence-electron chi connectivity index (χ4n) is 1.49. The highest BCUT2D eigenvalue weighted by molar-refractivity contribution is 6.27. The molecule has 0 aliphatic carbocycles. The number of Topliss-reactive ketones (excluding diaryl/α,β-unsaturated/α-hetero) is 1. The minimum absolute atomic E-state index is 0.0497. The first-order valence-corrected chi connectivity index (χ1v) is 6.07. The predicted molar refractivity (Wildman–Crippen MR) is 68.4 cm³/mol. The van der Waals surface area contributed by atoms with Crippen molar-refractivity contribution in [3.05, 3.63) is 29.3 Å². The van der Waals surface area contributed by atoms with Crippen LogP contribution in [0.4, 0.5) is 0 Å². The molecule has 0 bridgehead atoms. The highest BCUT2D eigenvalue weighted by atomic mass is 35.5. The van der Waals surface area contributed by atoms with Crippen molar-refractivity contribution in [3.8, 4) is 5.75 Å². The summed E-state index contributed by atoms with van der Waals surface area (Å²) in [5.41, 5.74) is 1.05. The fourth-order valence-corrected chi connectivity index (χ4v) is 1.58. The molecule has 18 heavy (non-hydrogen) atoms. The number of benzene rings is 1. The normalized spacial score (nSPS) is 9.94. The molecule has 0 atom stereocenters. The van der Waals surface area contributed by atoms with Crippen LogP contribution in [-0.4, -0.2) is 31.3 Å². The van der Waals surface area contributed by atoms with E-state index in [0.29, 0.717) is 23.5 Å². The number of esters is 1. The first-order chi connectivity index (χ1) is 8.60. The summed E-state index contributed by atoms with van der Waals surface area (Å²) in [4.78, 5) is 22.9. The summed E-state index contributed by atoms with van der Waals surface area (Å²) in [6.45, 7) is 2.03. The Balaban J connectivity index is 3.01. The van der Waals surface area contributed by atoms with Gasteiger partial charge in [0, 0.05) is 6.42 Å². The van der Waals surface area contributed by atoms with E-state index >= 15 is 0 Å². The molecule has 4 nitrogen and oxygen atoms in total. The maximum atomic E-state index is 11.6. The van der Waals surface area contributed by atoms with Gasteiger partial charge < -0.3 is 9.47 Å². The molecule has 5 heteroatoms. The third kappa shape index (κ3) is 4.04. The van der Waals surface area contributed by atoms with Gasteiger partial charge in [0.05, 0.1) is 25.2 Å². The van der Waals surface area contributed by atoms with Crippen molar-refractivity contribution in [3.63, 3.8) is 0 Å². The highest BCUT2D eigenvalue weighted by Crippen LogP contribution is 2.18. The lowest BCUT2D eigenvalue weighted by atomic mass is 10.1. The largest absolute Gasteiger partial charge is 0.497 e. The summed E-state index contributed by atoms with van der Waals surface area (Å²) in [5.74, 6) is -0.0833. The Labute approximate surface area is 111 Å². The van der Waals surface area contributed by atoms with Crippen LogP contribution in [-0.2, 0) is 16.0 Å². The van der Waals surface area contributed by atoms with Gasteiger partial charge >= 0.3 is 5.97 Å². The number of rotatable bonds is 6. The van der Waals surface area contributed by atoms with Crippen LogP contribution in [0.1, 0.15) is 22.8 Å². The molecular formula is C13H15ClO4. The molecule has 0 heterocycles. The molecular weight excluding hydrogens is 256 g/mol. The number of methoxy groups -OCH3 is 1. The monoisotopic (exact) mass is 270 g/mol. The zero-order valence-corrected chi connectivity index (χ0v) is 11.1. The Hall–Kier alpha value is -1.55. The van der Waals surface area contributed by atoms with Gasteiger partial charge in [-0.3, -0.25) is 4.79 Å². The van der Waals surface area contributed by atoms with Crippen LogP contribution < -0.4 is 4.74 Å². The SMILES string of the molecule is CCOC(=O)c1cc(CC(=O)CCl)cc(OC)c1. The summed E-state index contributed by atoms with van der Waals surface area (Å²) >= 11 is 5.46. The van der Waals surface area contributed by atoms with Crippen LogP contribution in [0.3, 0.4) is 0 Å². The van der Waals surface area contributed by atoms with Crippen LogP contribution in [0, 0.1) is 0 Å². The molecule has 1 rings (SSSR count). The summed E-state index contributed by atoms with van der Waals surface area (Å²) < 4.78 is 10.00. The lowest BCUT2D eigenvalue weighted by molar-refractivity contribution is -0.116. The van der Waals surface area contributed by atoms with Crippen molar-refractivity contribution in [1.82, 2.24) is 0 Å². The minimum Gasteiger partial charge on any atom is -0.497 e. The molecule has 0 aliphatic rings. The van der Waals surface area contributed by atoms with Gasteiger partial charge in [-0.2, -0.15) is 0 Å². The molecule has 0 amide bonds. The van der Waals surface area contributed by atoms with E-state index in [4.69, 9.17) is 21.1 Å². The van der Waals surface area contributed by atoms with Gasteiger partial charge in [0.25, 0.3) is 0 Å². The number of halogens is 1. The second-order valence-electron chi connectivity index (χ2n) is 3.64. The molecule has 0 saturated carbocycles. The van der Waals surface area contributed by atoms with Crippen molar-refractivity contribution >= 4 is 23.4 Å². The first-order valence-electron chi connectivity index (χ1n) is 5.53. The molecule has 0 unspecified atom stereocenters. The maximum absolute atomic E-state index is 11.6. The maximum Gasteiger partial charge on any atom is 0.338 e. The molecule has 0 aliphatic heterocycles. The summed E-state index contributed by atoms with van der Waals surface area (Å²) in [5, 5.41) is 0. The third-order valence-corrected chi connectivity index (χ3v) is 2.56. The van der Waals surface area contributed by atoms with Crippen molar-refractivity contribution in [2.75, 3.05) is 19.6 Å². The predicted octanol–water partition coefficient (Wildman–Crippen LogP) is 2.22. The zero-order chi connectivity index (χ0) is 13.5. The van der Waals surface area contributed by atoms with E-state index in [2.05, 4.69) is 0 Å². The minimum atomic E-state index is -0.434. The summed E-state index contributed by atoms with van der Waals surface area (Å²) in [7, 11) is 1.50. The topological polar surface area (TPSA) is 52.6 Å². The third-order valence-electron chi connectivity index (χ3n) is 2.26. The number of carbonyl (C=O) groups excluding carboxylic acids is 2. The lowest BCUT2D eigenvalue weighted by Crippen LogP contribution is -2.08. The van der Waals surface area contributed by atoms with Crippen molar-refractivity contribution in [2.45, 2.75) is 13.3 Å². The molecule has 0 fully saturated rings. The average molecular weight is 271 g/mol. The van der Waals surface area contributed by atoms with E-state index in [1.165, 1.54) is 7.11 Å². The van der Waals surface area contributed by atoms with Gasteiger partial charge in [0.15, 0.2) is 5.78 Å². The standard InChI is InChI=1S/C13H15ClO4/c1-3-18-13(16)10-4-9(5-11(15)8-14)6-12(7-10)17-2/h4,6-7H,3,5,8H2,1-2H3. The van der Waals surface area contributed by atoms with Gasteiger partial charge in [0.1, 0.15) is 5.75 Å². The number of hydrogen-bond donors (Lipinski definition) is 0. The second-order valence-corrected chi connectivity index (χ2v) is 3.91. The second kappa shape index (κ2) is 7.01. The first kappa shape index (κ1) is 14.5. The Morgan fingerprint density at radius 3 is 2.56 bits per heavy atom. The quantitative estimate of drug-likeness (QED) is 0.587. The molecule has 1 aromatic carbocycles. The van der Waals surface area contributed by atoms with Crippen molar-refractivity contribution in [1.29, 1.82) is 0 Å². The van der Waals surface area contributed by atoms with Gasteiger partial charge in [-0.25, -0.2) is 4.79 Å². The number of hydrogen-bond acceptors (Lipinski definition) is 4. The summed E-state index contributed by atoms with van der Waals surface area (Å²) in [6.07, 6.45) is 0.174. The number of ether oxygens (including phenoxy) is 2. The van der Waals surface area contributed by atoms with Crippen LogP contribution in [0.5, 0.6) is 5.75 Å². The molecule has 0 saturated heterocycles. The summed E-state index contributed by atoms with van der Waals surface area (Å²) in [6, 6.07) is 4.89. The molecule has 1 aromatic rings. The van der Waals surface area contributed by atoms with Crippen molar-refractivity contribution < 1.29 is 19.1 Å². The van der Waals surface area contributed by atoms with Gasteiger partial charge in [0.2, 0.25) is 0 Å². The Kier molecular flexibility index (Phi) is 5.65. The van der Waals surface area contributed by atoms with Crippen LogP contribution in [0.15, 0.2) is 18.2 Å². The Morgan fingerprint density at radius 1 is 1.28 bits per heavy atom. The fraction of sp³-hybridized carbons (Fsp3) is 0.385. The van der Waals surface area contributed by atoms with Crippen molar-refractivity contribution in [2.24, 2.45) is 0 Å². The average Bonchev–Trinajstić information content (AvgIpc) is 2.38. The van der Waals surface area contributed by atoms with Gasteiger partial charge in [-0.15, -0.1) is 11.6 Å². The molecule has 0 aromatic heterocycles. The van der Waals surface area contributed by atoms with Gasteiger partial charge in [-0.1, -0.05) is 0 Å². The van der Waals surface area contributed by atoms with Crippen LogP contribution >= 0.6 is 11.6 Å². The molecule has 0 spiro atoms. The van der Waals surface area contributed by atoms with E-state index in [1.54, 1.807) is 25.1 Å². The molecule has 98 valence electrons. The zero-order valence-electron chi connectivity index (χ0n) is 10.4. The van der Waals surface area contributed by atoms with Crippen LogP contribution in [0.25, 0.3) is 0 Å². The highest BCUT2D eigenvalue weighted by Gasteiger charge is 2.11. The van der Waals surface area contributed by atoms with E-state index in [1.807, 2.05) is 0 Å². The van der Waals surface area contributed by atoms with E-state index in [9.17, 15) is 9.59 Å². The van der Waals surface area contributed by atoms with E-state index < -0.39 is 5.97 Å². The Morgan fingerprint density at radius 2 is 2.00 bits per heavy atom. The van der Waals surface area contributed by atoms with E-state index in [0.717, 1.165) is 0 Å². The molecule has 0 radical (unpaired) electrons. The Bertz CT molecular complexity index is 443. The number of alkyl halides is 1. The van der Waals surface area contributed by atoms with E-state index in [-0.39, 0.29) is 18.1 Å². The number of ketones is 1. The molecule has 0 N–H and O–H groups in total. The smallest absolute Gasteiger partial charge is 0.338 e. The number of carbonyl (C=O) groups is 2.